The summed E-state index contributed by atoms with van der Waals surface area (Å²) in [6.07, 6.45) is 0. The van der Waals surface area contributed by atoms with Crippen molar-refractivity contribution < 1.29 is 33.2 Å². The van der Waals surface area contributed by atoms with Gasteiger partial charge >= 0.3 is 49.3 Å². The molecule has 0 fully saturated rings. The fourth-order valence-electron chi connectivity index (χ4n) is 0. The Bertz CT molecular complexity index is 32.5. The molecule has 0 atom stereocenters. The van der Waals surface area contributed by atoms with Gasteiger partial charge in [-0.3, -0.25) is 0 Å². The molecule has 0 saturated carbocycles. The van der Waals surface area contributed by atoms with Crippen LogP contribution in [0.3, 0.4) is 0 Å². The summed E-state index contributed by atoms with van der Waals surface area (Å²) in [5, 5.41) is 0. The van der Waals surface area contributed by atoms with E-state index < -0.39 is 11.6 Å². The van der Waals surface area contributed by atoms with E-state index in [4.69, 9.17) is 8.42 Å². The predicted octanol–water partition coefficient (Wildman–Crippen LogP) is -7.04. The fraction of sp³-hybridized carbons (Fsp3) is 0. The van der Waals surface area contributed by atoms with Gasteiger partial charge < -0.3 is 24.8 Å². The molecule has 0 saturated heterocycles. The summed E-state index contributed by atoms with van der Waals surface area (Å²) >= 11 is -0.750. The zero-order chi connectivity index (χ0) is 2.71. The van der Waals surface area contributed by atoms with Crippen LogP contribution in [0.1, 0.15) is 0 Å². The maximum absolute atomic E-state index is 8.29. The summed E-state index contributed by atoms with van der Waals surface area (Å²) in [6.45, 7) is 0. The van der Waals surface area contributed by atoms with Gasteiger partial charge in [0.1, 0.15) is 0 Å². The quantitative estimate of drug-likeness (QED) is 0.343. The third kappa shape index (κ3) is 44.6. The second-order valence-electron chi connectivity index (χ2n) is 0.0680. The minimum Gasteiger partial charge on any atom is -1.00 e. The molecule has 0 bridgehead atoms. The van der Waals surface area contributed by atoms with Gasteiger partial charge in [-0.1, -0.05) is 0 Å². The Hall–Kier alpha value is 1.66. The van der Waals surface area contributed by atoms with E-state index in [2.05, 4.69) is 0 Å². The van der Waals surface area contributed by atoms with E-state index >= 15 is 0 Å². The van der Waals surface area contributed by atoms with Crippen LogP contribution in [0.2, 0.25) is 0 Å². The molecular weight excluding hydrogens is 175 g/mol. The van der Waals surface area contributed by atoms with Gasteiger partial charge in [0.15, 0.2) is 0 Å². The molecule has 0 amide bonds. The third-order valence-electron chi connectivity index (χ3n) is 0. The van der Waals surface area contributed by atoms with Crippen molar-refractivity contribution >= 4 is 49.3 Å². The topological polar surface area (TPSA) is 34.1 Å². The molecule has 34 valence electrons. The molecule has 0 spiro atoms. The van der Waals surface area contributed by atoms with Gasteiger partial charge in [-0.25, -0.2) is 0 Å². The summed E-state index contributed by atoms with van der Waals surface area (Å²) in [7, 11) is 0. The smallest absolute Gasteiger partial charge is 1.00 e. The summed E-state index contributed by atoms with van der Waals surface area (Å²) in [5.41, 5.74) is 0. The zero-order valence-electron chi connectivity index (χ0n) is 2.69. The van der Waals surface area contributed by atoms with Gasteiger partial charge in [0.2, 0.25) is 0 Å². The molecule has 0 radical (unpaired) electrons. The van der Waals surface area contributed by atoms with Crippen molar-refractivity contribution in [2.45, 2.75) is 0 Å². The molecule has 0 heterocycles. The van der Waals surface area contributed by atoms with E-state index in [-0.39, 0.29) is 62.6 Å². The number of hydrogen-bond acceptors (Lipinski definition) is 2. The van der Waals surface area contributed by atoms with Crippen molar-refractivity contribution in [2.75, 3.05) is 0 Å². The maximum Gasteiger partial charge on any atom is 2.00 e. The molecular formula is CaCl2O2S. The Morgan fingerprint density at radius 1 is 1.00 bits per heavy atom. The Kier molecular flexibility index (Phi) is 127. The van der Waals surface area contributed by atoms with E-state index in [0.717, 1.165) is 0 Å². The molecule has 0 aliphatic rings. The molecule has 0 N–H and O–H groups in total. The molecule has 0 aromatic rings. The van der Waals surface area contributed by atoms with E-state index in [1.807, 2.05) is 0 Å². The first-order valence-corrected chi connectivity index (χ1v) is 1.00. The largest absolute Gasteiger partial charge is 2.00 e. The number of hydrogen-bond donors (Lipinski definition) is 0. The van der Waals surface area contributed by atoms with Crippen molar-refractivity contribution in [3.05, 3.63) is 0 Å². The van der Waals surface area contributed by atoms with Crippen LogP contribution < -0.4 is 24.8 Å². The summed E-state index contributed by atoms with van der Waals surface area (Å²) in [4.78, 5) is 0. The van der Waals surface area contributed by atoms with Gasteiger partial charge in [-0.15, -0.1) is 0 Å². The van der Waals surface area contributed by atoms with Crippen molar-refractivity contribution in [2.24, 2.45) is 0 Å². The fourth-order valence-corrected chi connectivity index (χ4v) is 0. The summed E-state index contributed by atoms with van der Waals surface area (Å²) < 4.78 is 16.6. The predicted molar refractivity (Wildman–Crippen MR) is 14.7 cm³/mol. The van der Waals surface area contributed by atoms with Crippen LogP contribution in [-0.2, 0) is 11.6 Å². The molecule has 0 aliphatic heterocycles. The van der Waals surface area contributed by atoms with Gasteiger partial charge in [-0.2, -0.15) is 8.42 Å². The van der Waals surface area contributed by atoms with E-state index in [1.54, 1.807) is 0 Å². The SMILES string of the molecule is O=S=O.[Ca+2].[Cl-].[Cl-]. The minimum absolute atomic E-state index is 0. The normalized spacial score (nSPS) is 2.00. The van der Waals surface area contributed by atoms with Crippen LogP contribution in [0.15, 0.2) is 0 Å². The van der Waals surface area contributed by atoms with E-state index in [1.165, 1.54) is 0 Å². The average molecular weight is 175 g/mol. The first-order valence-electron chi connectivity index (χ1n) is 0.333. The number of halogens is 2. The van der Waals surface area contributed by atoms with Crippen LogP contribution in [0, 0.1) is 0 Å². The van der Waals surface area contributed by atoms with Crippen LogP contribution in [0.4, 0.5) is 0 Å². The summed E-state index contributed by atoms with van der Waals surface area (Å²) in [6, 6.07) is 0. The van der Waals surface area contributed by atoms with Crippen molar-refractivity contribution in [1.82, 2.24) is 0 Å². The number of rotatable bonds is 0. The first kappa shape index (κ1) is 25.4. The van der Waals surface area contributed by atoms with Crippen LogP contribution >= 0.6 is 0 Å². The second-order valence-corrected chi connectivity index (χ2v) is 0.204. The van der Waals surface area contributed by atoms with Crippen molar-refractivity contribution in [3.63, 3.8) is 0 Å². The molecule has 0 aromatic carbocycles. The molecule has 0 aromatic heterocycles. The van der Waals surface area contributed by atoms with E-state index in [0.29, 0.717) is 0 Å². The van der Waals surface area contributed by atoms with Crippen LogP contribution in [-0.4, -0.2) is 46.2 Å². The minimum atomic E-state index is -0.750. The third-order valence-corrected chi connectivity index (χ3v) is 0. The standard InChI is InChI=1S/Ca.2ClH.O2S/c;;;1-3-2/h;2*1H;/q+2;;;/p-2. The molecule has 2 nitrogen and oxygen atoms in total. The summed E-state index contributed by atoms with van der Waals surface area (Å²) in [5.74, 6) is 0. The van der Waals surface area contributed by atoms with Crippen molar-refractivity contribution in [1.29, 1.82) is 0 Å². The van der Waals surface area contributed by atoms with Gasteiger partial charge in [0.25, 0.3) is 0 Å². The Morgan fingerprint density at radius 3 is 1.00 bits per heavy atom. The molecule has 0 aliphatic carbocycles. The van der Waals surface area contributed by atoms with Crippen molar-refractivity contribution in [3.8, 4) is 0 Å². The van der Waals surface area contributed by atoms with Crippen LogP contribution in [0.25, 0.3) is 0 Å². The second kappa shape index (κ2) is 30.2. The average Bonchev–Trinajstić information content (AvgIpc) is 0.918. The van der Waals surface area contributed by atoms with Crippen LogP contribution in [0.5, 0.6) is 0 Å². The van der Waals surface area contributed by atoms with Gasteiger partial charge in [-0.05, 0) is 0 Å². The van der Waals surface area contributed by atoms with Gasteiger partial charge in [0, 0.05) is 0 Å². The zero-order valence-corrected chi connectivity index (χ0v) is 7.22. The monoisotopic (exact) mass is 174 g/mol. The Labute approximate surface area is 81.5 Å². The maximum atomic E-state index is 8.29. The molecule has 6 heteroatoms. The first-order chi connectivity index (χ1) is 1.41. The Balaban J connectivity index is -0.00000000667. The Morgan fingerprint density at radius 2 is 1.00 bits per heavy atom. The van der Waals surface area contributed by atoms with E-state index in [9.17, 15) is 0 Å². The molecule has 6 heavy (non-hydrogen) atoms. The van der Waals surface area contributed by atoms with Gasteiger partial charge in [0.05, 0.1) is 0 Å². The molecule has 0 unspecified atom stereocenters. The molecule has 0 rings (SSSR count).